The predicted molar refractivity (Wildman–Crippen MR) is 27.6 cm³/mol. The van der Waals surface area contributed by atoms with Crippen molar-refractivity contribution in [1.82, 2.24) is 0 Å². The molecule has 0 saturated carbocycles. The summed E-state index contributed by atoms with van der Waals surface area (Å²) in [7, 11) is 0. The average molecular weight is 176 g/mol. The summed E-state index contributed by atoms with van der Waals surface area (Å²) in [5.74, 6) is -0.454. The van der Waals surface area contributed by atoms with Crippen LogP contribution in [-0.4, -0.2) is 6.66 Å². The van der Waals surface area contributed by atoms with Crippen molar-refractivity contribution in [3.05, 3.63) is 0 Å². The van der Waals surface area contributed by atoms with E-state index in [4.69, 9.17) is 0 Å². The van der Waals surface area contributed by atoms with Crippen molar-refractivity contribution in [3.63, 3.8) is 0 Å². The summed E-state index contributed by atoms with van der Waals surface area (Å²) in [5.41, 5.74) is 0. The molecule has 5 heavy (non-hydrogen) atoms. The summed E-state index contributed by atoms with van der Waals surface area (Å²) in [6.07, 6.45) is 0. The fraction of sp³-hybridized carbons (Fsp3) is 1.00. The summed E-state index contributed by atoms with van der Waals surface area (Å²) in [5, 5.41) is 0. The Hall–Kier alpha value is 1.49. The SMILES string of the molecule is C[P+](=S)[S-].[Zn]. The summed E-state index contributed by atoms with van der Waals surface area (Å²) >= 11 is 9.00. The number of rotatable bonds is 0. The Morgan fingerprint density at radius 1 is 1.80 bits per heavy atom. The Morgan fingerprint density at radius 2 is 1.80 bits per heavy atom. The Balaban J connectivity index is 0. The van der Waals surface area contributed by atoms with Gasteiger partial charge in [-0.25, -0.2) is 0 Å². The van der Waals surface area contributed by atoms with Crippen LogP contribution in [0.4, 0.5) is 0 Å². The van der Waals surface area contributed by atoms with Gasteiger partial charge in [0.1, 0.15) is 11.8 Å². The molecule has 0 fully saturated rings. The molecular formula is CH3PS2Zn. The average Bonchev–Trinajstić information content (AvgIpc) is 0.811. The molecule has 0 aliphatic heterocycles. The first-order valence-electron chi connectivity index (χ1n) is 0.812. The second kappa shape index (κ2) is 5.49. The minimum Gasteiger partial charge on any atom is -0.479 e. The van der Waals surface area contributed by atoms with Crippen molar-refractivity contribution in [2.75, 3.05) is 6.66 Å². The van der Waals surface area contributed by atoms with E-state index >= 15 is 0 Å². The van der Waals surface area contributed by atoms with Crippen molar-refractivity contribution in [1.29, 1.82) is 0 Å². The molecule has 0 saturated heterocycles. The van der Waals surface area contributed by atoms with Gasteiger partial charge in [0.05, 0.1) is 6.66 Å². The van der Waals surface area contributed by atoms with Crippen LogP contribution >= 0.6 is 5.90 Å². The third-order valence-electron chi connectivity index (χ3n) is 0. The van der Waals surface area contributed by atoms with E-state index in [1.54, 1.807) is 0 Å². The molecule has 0 rings (SSSR count). The number of hydrogen-bond donors (Lipinski definition) is 0. The van der Waals surface area contributed by atoms with Gasteiger partial charge in [0.2, 0.25) is 0 Å². The number of hydrogen-bond acceptors (Lipinski definition) is 2. The van der Waals surface area contributed by atoms with E-state index in [2.05, 4.69) is 24.1 Å². The van der Waals surface area contributed by atoms with Crippen LogP contribution in [0.1, 0.15) is 0 Å². The molecule has 0 aromatic heterocycles. The largest absolute Gasteiger partial charge is 0.479 e. The quantitative estimate of drug-likeness (QED) is 0.306. The van der Waals surface area contributed by atoms with Crippen LogP contribution in [0.3, 0.4) is 0 Å². The molecule has 1 unspecified atom stereocenters. The molecule has 0 aliphatic carbocycles. The molecule has 0 aromatic carbocycles. The van der Waals surface area contributed by atoms with Crippen LogP contribution in [-0.2, 0) is 43.5 Å². The summed E-state index contributed by atoms with van der Waals surface area (Å²) in [6, 6.07) is 0. The first-order valence-corrected chi connectivity index (χ1v) is 4.63. The zero-order chi connectivity index (χ0) is 3.58. The first kappa shape index (κ1) is 9.71. The molecule has 0 bridgehead atoms. The third kappa shape index (κ3) is 30.1. The van der Waals surface area contributed by atoms with Gasteiger partial charge in [-0.15, -0.1) is 0 Å². The van der Waals surface area contributed by atoms with E-state index in [1.807, 2.05) is 6.66 Å². The van der Waals surface area contributed by atoms with Crippen LogP contribution in [0.5, 0.6) is 0 Å². The normalized spacial score (nSPS) is 8.80. The van der Waals surface area contributed by atoms with Crippen molar-refractivity contribution >= 4 is 30.0 Å². The van der Waals surface area contributed by atoms with E-state index in [0.29, 0.717) is 0 Å². The van der Waals surface area contributed by atoms with Crippen LogP contribution in [0.2, 0.25) is 0 Å². The Morgan fingerprint density at radius 3 is 1.80 bits per heavy atom. The van der Waals surface area contributed by atoms with Crippen LogP contribution in [0.25, 0.3) is 0 Å². The van der Waals surface area contributed by atoms with Crippen LogP contribution in [0.15, 0.2) is 0 Å². The van der Waals surface area contributed by atoms with Crippen molar-refractivity contribution in [3.8, 4) is 0 Å². The van der Waals surface area contributed by atoms with Gasteiger partial charge in [0.25, 0.3) is 0 Å². The molecule has 4 heteroatoms. The van der Waals surface area contributed by atoms with Crippen molar-refractivity contribution < 1.29 is 19.5 Å². The van der Waals surface area contributed by atoms with E-state index in [1.165, 1.54) is 0 Å². The molecule has 0 nitrogen and oxygen atoms in total. The van der Waals surface area contributed by atoms with Gasteiger partial charge in [-0.05, 0) is 0 Å². The van der Waals surface area contributed by atoms with Gasteiger partial charge in [0, 0.05) is 25.4 Å². The molecule has 0 aliphatic rings. The Bertz CT molecular complexity index is 32.6. The van der Waals surface area contributed by atoms with E-state index in [-0.39, 0.29) is 19.5 Å². The maximum Gasteiger partial charge on any atom is 0.132 e. The second-order valence-corrected chi connectivity index (χ2v) is 5.30. The Labute approximate surface area is 56.1 Å². The van der Waals surface area contributed by atoms with E-state index in [0.717, 1.165) is 0 Å². The van der Waals surface area contributed by atoms with Gasteiger partial charge in [-0.1, -0.05) is 0 Å². The summed E-state index contributed by atoms with van der Waals surface area (Å²) in [6.45, 7) is 1.86. The fourth-order valence-electron chi connectivity index (χ4n) is 0. The molecule has 0 heterocycles. The fourth-order valence-corrected chi connectivity index (χ4v) is 0. The standard InChI is InChI=1S/CH3PS2.Zn/c1-2(3)4;/h1H3;. The maximum atomic E-state index is 4.50. The molecular weight excluding hydrogens is 173 g/mol. The third-order valence-corrected chi connectivity index (χ3v) is 0. The first-order chi connectivity index (χ1) is 1.73. The molecule has 0 N–H and O–H groups in total. The molecule has 1 atom stereocenters. The monoisotopic (exact) mass is 174 g/mol. The van der Waals surface area contributed by atoms with Crippen molar-refractivity contribution in [2.45, 2.75) is 0 Å². The molecule has 26 valence electrons. The minimum atomic E-state index is -0.454. The smallest absolute Gasteiger partial charge is 0.132 e. The molecule has 0 aromatic rings. The zero-order valence-corrected chi connectivity index (χ0v) is 8.47. The van der Waals surface area contributed by atoms with Crippen LogP contribution < -0.4 is 0 Å². The summed E-state index contributed by atoms with van der Waals surface area (Å²) < 4.78 is 0. The minimum absolute atomic E-state index is 0. The Kier molecular flexibility index (Phi) is 10.7. The van der Waals surface area contributed by atoms with Crippen LogP contribution in [0, 0.1) is 0 Å². The zero-order valence-electron chi connectivity index (χ0n) is 2.97. The van der Waals surface area contributed by atoms with Gasteiger partial charge in [-0.2, -0.15) is 0 Å². The van der Waals surface area contributed by atoms with Crippen molar-refractivity contribution in [2.24, 2.45) is 0 Å². The molecule has 0 amide bonds. The van der Waals surface area contributed by atoms with Gasteiger partial charge >= 0.3 is 0 Å². The van der Waals surface area contributed by atoms with E-state index in [9.17, 15) is 0 Å². The molecule has 0 radical (unpaired) electrons. The van der Waals surface area contributed by atoms with Gasteiger partial charge < -0.3 is 12.2 Å². The van der Waals surface area contributed by atoms with Gasteiger partial charge in [-0.3, -0.25) is 0 Å². The predicted octanol–water partition coefficient (Wildman–Crippen LogP) is 1.02. The second-order valence-electron chi connectivity index (χ2n) is 0.440. The maximum absolute atomic E-state index is 4.50. The van der Waals surface area contributed by atoms with E-state index < -0.39 is 5.90 Å². The summed E-state index contributed by atoms with van der Waals surface area (Å²) in [4.78, 5) is 0. The van der Waals surface area contributed by atoms with Gasteiger partial charge in [0.15, 0.2) is 0 Å². The topological polar surface area (TPSA) is 0 Å². The molecule has 0 spiro atoms.